The van der Waals surface area contributed by atoms with E-state index < -0.39 is 11.6 Å². The molecule has 0 heterocycles. The highest BCUT2D eigenvalue weighted by Crippen LogP contribution is 2.31. The van der Waals surface area contributed by atoms with Crippen molar-refractivity contribution in [2.75, 3.05) is 33.8 Å². The molecular formula is C20H26NO3+. The normalized spacial score (nSPS) is 12.0. The largest absolute Gasteiger partial charge is 0.457 e. The van der Waals surface area contributed by atoms with Crippen molar-refractivity contribution in [1.29, 1.82) is 0 Å². The Labute approximate surface area is 143 Å². The molecule has 0 aliphatic heterocycles. The minimum absolute atomic E-state index is 0.266. The van der Waals surface area contributed by atoms with Crippen molar-refractivity contribution in [3.8, 4) is 0 Å². The summed E-state index contributed by atoms with van der Waals surface area (Å²) in [5, 5.41) is 11.2. The van der Waals surface area contributed by atoms with E-state index in [2.05, 4.69) is 21.0 Å². The Balaban J connectivity index is 2.26. The molecule has 0 saturated heterocycles. The lowest BCUT2D eigenvalue weighted by atomic mass is 9.86. The Bertz CT molecular complexity index is 614. The molecule has 4 heteroatoms. The third-order valence-corrected chi connectivity index (χ3v) is 4.46. The number of aliphatic hydroxyl groups is 1. The van der Waals surface area contributed by atoms with Crippen LogP contribution in [0.25, 0.3) is 0 Å². The number of ether oxygens (including phenoxy) is 1. The van der Waals surface area contributed by atoms with Crippen LogP contribution in [0.5, 0.6) is 0 Å². The van der Waals surface area contributed by atoms with Gasteiger partial charge in [0.15, 0.2) is 0 Å². The second-order valence-electron chi connectivity index (χ2n) is 6.55. The second kappa shape index (κ2) is 7.60. The lowest BCUT2D eigenvalue weighted by Crippen LogP contribution is -2.44. The topological polar surface area (TPSA) is 46.5 Å². The third kappa shape index (κ3) is 4.02. The molecule has 0 radical (unpaired) electrons. The Kier molecular flexibility index (Phi) is 5.75. The van der Waals surface area contributed by atoms with Gasteiger partial charge in [0.25, 0.3) is 0 Å². The molecular weight excluding hydrogens is 302 g/mol. The van der Waals surface area contributed by atoms with Crippen molar-refractivity contribution in [2.24, 2.45) is 0 Å². The second-order valence-corrected chi connectivity index (χ2v) is 6.55. The standard InChI is InChI=1S/C20H26NO3/c1-4-21(2,3)15-16-24-19(22)20(23,17-11-7-5-8-12-17)18-13-9-6-10-14-18/h5-14,23H,4,15-16H2,1-3H3/q+1. The maximum atomic E-state index is 12.8. The maximum absolute atomic E-state index is 12.8. The summed E-state index contributed by atoms with van der Waals surface area (Å²) in [6, 6.07) is 17.8. The van der Waals surface area contributed by atoms with E-state index in [0.29, 0.717) is 17.7 Å². The van der Waals surface area contributed by atoms with E-state index in [1.54, 1.807) is 48.5 Å². The third-order valence-electron chi connectivity index (χ3n) is 4.46. The van der Waals surface area contributed by atoms with Crippen molar-refractivity contribution >= 4 is 5.97 Å². The van der Waals surface area contributed by atoms with Gasteiger partial charge >= 0.3 is 5.97 Å². The van der Waals surface area contributed by atoms with Gasteiger partial charge in [0.2, 0.25) is 5.60 Å². The minimum atomic E-state index is -1.80. The average molecular weight is 328 g/mol. The van der Waals surface area contributed by atoms with Gasteiger partial charge in [0.05, 0.1) is 20.6 Å². The van der Waals surface area contributed by atoms with E-state index in [1.165, 1.54) is 0 Å². The highest BCUT2D eigenvalue weighted by atomic mass is 16.5. The summed E-state index contributed by atoms with van der Waals surface area (Å²) in [6.45, 7) is 3.99. The van der Waals surface area contributed by atoms with Gasteiger partial charge in [0.1, 0.15) is 13.2 Å². The van der Waals surface area contributed by atoms with Crippen LogP contribution in [-0.2, 0) is 15.1 Å². The van der Waals surface area contributed by atoms with E-state index in [-0.39, 0.29) is 6.61 Å². The summed E-state index contributed by atoms with van der Waals surface area (Å²) in [5.74, 6) is -0.643. The van der Waals surface area contributed by atoms with E-state index in [9.17, 15) is 9.90 Å². The molecule has 0 saturated carbocycles. The first-order chi connectivity index (χ1) is 11.4. The van der Waals surface area contributed by atoms with Crippen LogP contribution in [0.15, 0.2) is 60.7 Å². The zero-order valence-corrected chi connectivity index (χ0v) is 14.6. The Morgan fingerprint density at radius 3 is 1.88 bits per heavy atom. The van der Waals surface area contributed by atoms with E-state index >= 15 is 0 Å². The van der Waals surface area contributed by atoms with Gasteiger partial charge in [-0.15, -0.1) is 0 Å². The van der Waals surface area contributed by atoms with Crippen LogP contribution in [0.3, 0.4) is 0 Å². The molecule has 0 fully saturated rings. The maximum Gasteiger partial charge on any atom is 0.347 e. The van der Waals surface area contributed by atoms with Crippen molar-refractivity contribution < 1.29 is 19.1 Å². The summed E-state index contributed by atoms with van der Waals surface area (Å²) < 4.78 is 6.20. The number of hydrogen-bond acceptors (Lipinski definition) is 3. The SMILES string of the molecule is CC[N+](C)(C)CCOC(=O)C(O)(c1ccccc1)c1ccccc1. The summed E-state index contributed by atoms with van der Waals surface area (Å²) >= 11 is 0. The Morgan fingerprint density at radius 2 is 1.46 bits per heavy atom. The molecule has 0 aliphatic carbocycles. The fourth-order valence-corrected chi connectivity index (χ4v) is 2.41. The van der Waals surface area contributed by atoms with Crippen LogP contribution in [0.4, 0.5) is 0 Å². The number of carbonyl (C=O) groups excluding carboxylic acids is 1. The smallest absolute Gasteiger partial charge is 0.347 e. The van der Waals surface area contributed by atoms with Crippen LogP contribution in [0.1, 0.15) is 18.1 Å². The number of benzene rings is 2. The first kappa shape index (κ1) is 18.2. The van der Waals surface area contributed by atoms with Crippen LogP contribution < -0.4 is 0 Å². The fourth-order valence-electron chi connectivity index (χ4n) is 2.41. The first-order valence-corrected chi connectivity index (χ1v) is 8.23. The molecule has 24 heavy (non-hydrogen) atoms. The lowest BCUT2D eigenvalue weighted by Gasteiger charge is -2.30. The molecule has 0 unspecified atom stereocenters. The van der Waals surface area contributed by atoms with Crippen molar-refractivity contribution in [3.05, 3.63) is 71.8 Å². The molecule has 0 aliphatic rings. The number of quaternary nitrogens is 1. The molecule has 2 aromatic rings. The minimum Gasteiger partial charge on any atom is -0.457 e. The number of hydrogen-bond donors (Lipinski definition) is 1. The van der Waals surface area contributed by atoms with Crippen LogP contribution >= 0.6 is 0 Å². The monoisotopic (exact) mass is 328 g/mol. The average Bonchev–Trinajstić information content (AvgIpc) is 2.62. The summed E-state index contributed by atoms with van der Waals surface area (Å²) in [5.41, 5.74) is -0.790. The molecule has 1 N–H and O–H groups in total. The molecule has 128 valence electrons. The van der Waals surface area contributed by atoms with Gasteiger partial charge in [-0.25, -0.2) is 4.79 Å². The molecule has 0 amide bonds. The highest BCUT2D eigenvalue weighted by molar-refractivity contribution is 5.85. The lowest BCUT2D eigenvalue weighted by molar-refractivity contribution is -0.888. The zero-order valence-electron chi connectivity index (χ0n) is 14.6. The van der Waals surface area contributed by atoms with E-state index in [1.807, 2.05) is 12.1 Å². The molecule has 0 atom stereocenters. The number of nitrogens with zero attached hydrogens (tertiary/aromatic N) is 1. The van der Waals surface area contributed by atoms with Gasteiger partial charge in [-0.05, 0) is 18.1 Å². The van der Waals surface area contributed by atoms with Gasteiger partial charge in [-0.1, -0.05) is 60.7 Å². The van der Waals surface area contributed by atoms with Gasteiger partial charge < -0.3 is 14.3 Å². The molecule has 4 nitrogen and oxygen atoms in total. The number of esters is 1. The van der Waals surface area contributed by atoms with Crippen LogP contribution in [0.2, 0.25) is 0 Å². The highest BCUT2D eigenvalue weighted by Gasteiger charge is 2.41. The van der Waals surface area contributed by atoms with Crippen molar-refractivity contribution in [3.63, 3.8) is 0 Å². The predicted molar refractivity (Wildman–Crippen MR) is 94.4 cm³/mol. The van der Waals surface area contributed by atoms with Crippen molar-refractivity contribution in [2.45, 2.75) is 12.5 Å². The molecule has 2 rings (SSSR count). The molecule has 0 aromatic heterocycles. The molecule has 2 aromatic carbocycles. The van der Waals surface area contributed by atoms with E-state index in [0.717, 1.165) is 11.0 Å². The number of rotatable bonds is 7. The van der Waals surface area contributed by atoms with Crippen LogP contribution in [0, 0.1) is 0 Å². The fraction of sp³-hybridized carbons (Fsp3) is 0.350. The summed E-state index contributed by atoms with van der Waals surface area (Å²) in [7, 11) is 4.16. The van der Waals surface area contributed by atoms with Crippen molar-refractivity contribution in [1.82, 2.24) is 0 Å². The zero-order chi connectivity index (χ0) is 17.6. The predicted octanol–water partition coefficient (Wildman–Crippen LogP) is 2.56. The summed E-state index contributed by atoms with van der Waals surface area (Å²) in [6.07, 6.45) is 0. The first-order valence-electron chi connectivity index (χ1n) is 8.23. The Morgan fingerprint density at radius 1 is 1.00 bits per heavy atom. The van der Waals surface area contributed by atoms with Gasteiger partial charge in [-0.3, -0.25) is 0 Å². The molecule has 0 spiro atoms. The molecule has 0 bridgehead atoms. The van der Waals surface area contributed by atoms with Gasteiger partial charge in [-0.2, -0.15) is 0 Å². The van der Waals surface area contributed by atoms with Crippen LogP contribution in [-0.4, -0.2) is 49.4 Å². The summed E-state index contributed by atoms with van der Waals surface area (Å²) in [4.78, 5) is 12.8. The number of likely N-dealkylation sites (N-methyl/N-ethyl adjacent to an activating group) is 1. The quantitative estimate of drug-likeness (QED) is 0.628. The Hall–Kier alpha value is -2.17. The van der Waals surface area contributed by atoms with E-state index in [4.69, 9.17) is 4.74 Å². The number of carbonyl (C=O) groups is 1. The van der Waals surface area contributed by atoms with Gasteiger partial charge in [0, 0.05) is 0 Å².